The number of rotatable bonds is 5. The van der Waals surface area contributed by atoms with E-state index in [1.165, 1.54) is 17.8 Å². The maximum atomic E-state index is 12.4. The molecule has 0 N–H and O–H groups in total. The van der Waals surface area contributed by atoms with Crippen LogP contribution in [0.15, 0.2) is 15.9 Å². The van der Waals surface area contributed by atoms with Crippen LogP contribution in [0.4, 0.5) is 0 Å². The zero-order valence-electron chi connectivity index (χ0n) is 9.49. The second kappa shape index (κ2) is 6.21. The Morgan fingerprint density at radius 1 is 1.59 bits per heavy atom. The van der Waals surface area contributed by atoms with Gasteiger partial charge in [0.25, 0.3) is 5.91 Å². The van der Waals surface area contributed by atoms with Crippen molar-refractivity contribution in [2.75, 3.05) is 12.4 Å². The van der Waals surface area contributed by atoms with Crippen molar-refractivity contribution in [3.05, 3.63) is 20.8 Å². The highest BCUT2D eigenvalue weighted by Gasteiger charge is 2.30. The fourth-order valence-electron chi connectivity index (χ4n) is 1.96. The SMILES string of the molecule is O=C(c1sccc1Br)N(CCCCl)C1CCC1. The van der Waals surface area contributed by atoms with E-state index in [-0.39, 0.29) is 5.91 Å². The van der Waals surface area contributed by atoms with E-state index in [1.807, 2.05) is 16.3 Å². The standard InChI is InChI=1S/C12H15BrClNOS/c13-10-5-8-17-11(10)12(16)15(7-2-6-14)9-3-1-4-9/h5,8-9H,1-4,6-7H2. The predicted molar refractivity (Wildman–Crippen MR) is 76.0 cm³/mol. The maximum absolute atomic E-state index is 12.4. The largest absolute Gasteiger partial charge is 0.335 e. The van der Waals surface area contributed by atoms with Crippen molar-refractivity contribution < 1.29 is 4.79 Å². The Bertz CT molecular complexity index is 392. The van der Waals surface area contributed by atoms with Crippen LogP contribution in [-0.2, 0) is 0 Å². The summed E-state index contributed by atoms with van der Waals surface area (Å²) in [4.78, 5) is 15.2. The fourth-order valence-corrected chi connectivity index (χ4v) is 3.57. The van der Waals surface area contributed by atoms with Crippen molar-refractivity contribution in [3.63, 3.8) is 0 Å². The molecule has 0 spiro atoms. The van der Waals surface area contributed by atoms with Gasteiger partial charge in [-0.15, -0.1) is 22.9 Å². The van der Waals surface area contributed by atoms with Gasteiger partial charge in [-0.1, -0.05) is 0 Å². The van der Waals surface area contributed by atoms with Gasteiger partial charge >= 0.3 is 0 Å². The highest BCUT2D eigenvalue weighted by atomic mass is 79.9. The van der Waals surface area contributed by atoms with Gasteiger partial charge in [0.1, 0.15) is 4.88 Å². The summed E-state index contributed by atoms with van der Waals surface area (Å²) in [5.41, 5.74) is 0. The molecule has 0 aromatic carbocycles. The molecule has 1 amide bonds. The summed E-state index contributed by atoms with van der Waals surface area (Å²) in [6, 6.07) is 2.36. The van der Waals surface area contributed by atoms with E-state index in [9.17, 15) is 4.79 Å². The summed E-state index contributed by atoms with van der Waals surface area (Å²) in [6.07, 6.45) is 4.38. The van der Waals surface area contributed by atoms with Gasteiger partial charge in [0.05, 0.1) is 0 Å². The topological polar surface area (TPSA) is 20.3 Å². The average molecular weight is 337 g/mol. The Hall–Kier alpha value is -0.0600. The quantitative estimate of drug-likeness (QED) is 0.740. The van der Waals surface area contributed by atoms with Gasteiger partial charge in [0.15, 0.2) is 0 Å². The summed E-state index contributed by atoms with van der Waals surface area (Å²) >= 11 is 10.7. The van der Waals surface area contributed by atoms with Crippen LogP contribution in [-0.4, -0.2) is 29.3 Å². The first kappa shape index (κ1) is 13.4. The van der Waals surface area contributed by atoms with E-state index in [0.29, 0.717) is 11.9 Å². The number of nitrogens with zero attached hydrogens (tertiary/aromatic N) is 1. The third-order valence-corrected chi connectivity index (χ3v) is 5.21. The van der Waals surface area contributed by atoms with Crippen molar-refractivity contribution in [1.82, 2.24) is 4.90 Å². The third-order valence-electron chi connectivity index (χ3n) is 3.12. The van der Waals surface area contributed by atoms with Crippen molar-refractivity contribution >= 4 is 44.8 Å². The molecule has 1 aromatic rings. The molecule has 2 rings (SSSR count). The zero-order valence-corrected chi connectivity index (χ0v) is 12.7. The lowest BCUT2D eigenvalue weighted by Gasteiger charge is -2.37. The van der Waals surface area contributed by atoms with Crippen LogP contribution in [0, 0.1) is 0 Å². The second-order valence-corrected chi connectivity index (χ2v) is 6.37. The van der Waals surface area contributed by atoms with Gasteiger partial charge in [-0.25, -0.2) is 0 Å². The number of thiophene rings is 1. The summed E-state index contributed by atoms with van der Waals surface area (Å²) < 4.78 is 0.905. The molecule has 1 heterocycles. The van der Waals surface area contributed by atoms with Gasteiger partial charge in [0.2, 0.25) is 0 Å². The number of hydrogen-bond acceptors (Lipinski definition) is 2. The molecule has 5 heteroatoms. The molecule has 1 aliphatic carbocycles. The van der Waals surface area contributed by atoms with Gasteiger partial charge in [-0.2, -0.15) is 0 Å². The zero-order chi connectivity index (χ0) is 12.3. The molecule has 17 heavy (non-hydrogen) atoms. The summed E-state index contributed by atoms with van der Waals surface area (Å²) in [5.74, 6) is 0.768. The molecule has 1 saturated carbocycles. The van der Waals surface area contributed by atoms with Crippen LogP contribution in [0.2, 0.25) is 0 Å². The van der Waals surface area contributed by atoms with E-state index in [1.54, 1.807) is 0 Å². The van der Waals surface area contributed by atoms with Crippen LogP contribution >= 0.6 is 38.9 Å². The smallest absolute Gasteiger partial charge is 0.265 e. The summed E-state index contributed by atoms with van der Waals surface area (Å²) in [5, 5.41) is 1.94. The Morgan fingerprint density at radius 3 is 2.82 bits per heavy atom. The van der Waals surface area contributed by atoms with Crippen molar-refractivity contribution in [2.24, 2.45) is 0 Å². The van der Waals surface area contributed by atoms with Crippen molar-refractivity contribution in [2.45, 2.75) is 31.7 Å². The summed E-state index contributed by atoms with van der Waals surface area (Å²) in [7, 11) is 0. The number of carbonyl (C=O) groups excluding carboxylic acids is 1. The molecule has 1 aliphatic rings. The minimum Gasteiger partial charge on any atom is -0.335 e. The van der Waals surface area contributed by atoms with E-state index < -0.39 is 0 Å². The molecule has 0 unspecified atom stereocenters. The molecule has 0 atom stereocenters. The van der Waals surface area contributed by atoms with E-state index in [0.717, 1.165) is 35.2 Å². The Balaban J connectivity index is 2.09. The number of amides is 1. The molecule has 0 aliphatic heterocycles. The first-order valence-electron chi connectivity index (χ1n) is 5.84. The van der Waals surface area contributed by atoms with E-state index in [2.05, 4.69) is 15.9 Å². The average Bonchev–Trinajstić information content (AvgIpc) is 2.67. The van der Waals surface area contributed by atoms with Crippen molar-refractivity contribution in [3.8, 4) is 0 Å². The maximum Gasteiger partial charge on any atom is 0.265 e. The molecule has 1 aromatic heterocycles. The molecule has 2 nitrogen and oxygen atoms in total. The first-order valence-corrected chi connectivity index (χ1v) is 8.04. The molecule has 94 valence electrons. The molecule has 0 radical (unpaired) electrons. The lowest BCUT2D eigenvalue weighted by molar-refractivity contribution is 0.0585. The third kappa shape index (κ3) is 3.04. The number of alkyl halides is 1. The fraction of sp³-hybridized carbons (Fsp3) is 0.583. The van der Waals surface area contributed by atoms with Gasteiger partial charge in [-0.3, -0.25) is 4.79 Å². The van der Waals surface area contributed by atoms with Crippen LogP contribution in [0.5, 0.6) is 0 Å². The Morgan fingerprint density at radius 2 is 2.35 bits per heavy atom. The Labute approximate surface area is 119 Å². The van der Waals surface area contributed by atoms with Crippen LogP contribution < -0.4 is 0 Å². The van der Waals surface area contributed by atoms with E-state index in [4.69, 9.17) is 11.6 Å². The molecule has 1 fully saturated rings. The van der Waals surface area contributed by atoms with Gasteiger partial charge < -0.3 is 4.90 Å². The minimum atomic E-state index is 0.154. The number of hydrogen-bond donors (Lipinski definition) is 0. The number of halogens is 2. The van der Waals surface area contributed by atoms with Crippen LogP contribution in [0.1, 0.15) is 35.4 Å². The minimum absolute atomic E-state index is 0.154. The molecule has 0 bridgehead atoms. The van der Waals surface area contributed by atoms with Gasteiger partial charge in [-0.05, 0) is 53.1 Å². The Kier molecular flexibility index (Phi) is 4.88. The molecular formula is C12H15BrClNOS. The van der Waals surface area contributed by atoms with E-state index >= 15 is 0 Å². The van der Waals surface area contributed by atoms with Crippen LogP contribution in [0.3, 0.4) is 0 Å². The highest BCUT2D eigenvalue weighted by molar-refractivity contribution is 9.10. The molecule has 0 saturated heterocycles. The lowest BCUT2D eigenvalue weighted by atomic mass is 9.91. The summed E-state index contributed by atoms with van der Waals surface area (Å²) in [6.45, 7) is 0.775. The first-order chi connectivity index (χ1) is 8.24. The predicted octanol–water partition coefficient (Wildman–Crippen LogP) is 4.13. The van der Waals surface area contributed by atoms with Gasteiger partial charge in [0, 0.05) is 22.9 Å². The van der Waals surface area contributed by atoms with Crippen LogP contribution in [0.25, 0.3) is 0 Å². The van der Waals surface area contributed by atoms with Crippen molar-refractivity contribution in [1.29, 1.82) is 0 Å². The second-order valence-electron chi connectivity index (χ2n) is 4.22. The lowest BCUT2D eigenvalue weighted by Crippen LogP contribution is -2.44. The highest BCUT2D eigenvalue weighted by Crippen LogP contribution is 2.30. The monoisotopic (exact) mass is 335 g/mol. The number of carbonyl (C=O) groups is 1. The normalized spacial score (nSPS) is 15.6. The molecular weight excluding hydrogens is 322 g/mol.